The highest BCUT2D eigenvalue weighted by Crippen LogP contribution is 2.30. The van der Waals surface area contributed by atoms with Crippen LogP contribution in [0.25, 0.3) is 22.3 Å². The van der Waals surface area contributed by atoms with Crippen molar-refractivity contribution < 1.29 is 4.79 Å². The molecule has 7 nitrogen and oxygen atoms in total. The van der Waals surface area contributed by atoms with Gasteiger partial charge in [-0.2, -0.15) is 5.10 Å². The van der Waals surface area contributed by atoms with E-state index in [9.17, 15) is 4.79 Å². The molecule has 1 unspecified atom stereocenters. The van der Waals surface area contributed by atoms with Gasteiger partial charge in [-0.15, -0.1) is 0 Å². The maximum Gasteiger partial charge on any atom is 0.252 e. The van der Waals surface area contributed by atoms with Gasteiger partial charge in [0.25, 0.3) is 5.91 Å². The first kappa shape index (κ1) is 28.7. The first-order chi connectivity index (χ1) is 18.6. The zero-order valence-corrected chi connectivity index (χ0v) is 24.6. The highest BCUT2D eigenvalue weighted by molar-refractivity contribution is 6.06. The lowest BCUT2D eigenvalue weighted by molar-refractivity contribution is 0.0957. The van der Waals surface area contributed by atoms with Gasteiger partial charge >= 0.3 is 0 Å². The molecule has 0 bridgehead atoms. The average Bonchev–Trinajstić information content (AvgIpc) is 3.31. The molecule has 7 heteroatoms. The number of carbonyl (C=O) groups excluding carboxylic acids is 1. The van der Waals surface area contributed by atoms with Gasteiger partial charge in [0.15, 0.2) is 5.65 Å². The van der Waals surface area contributed by atoms with E-state index in [-0.39, 0.29) is 11.9 Å². The minimum atomic E-state index is -0.0931. The molecule has 2 heterocycles. The molecule has 4 rings (SSSR count). The van der Waals surface area contributed by atoms with Crippen LogP contribution in [0.15, 0.2) is 59.3 Å². The fourth-order valence-corrected chi connectivity index (χ4v) is 5.43. The molecule has 1 aromatic carbocycles. The van der Waals surface area contributed by atoms with Gasteiger partial charge in [0.2, 0.25) is 0 Å². The lowest BCUT2D eigenvalue weighted by Crippen LogP contribution is -2.29. The van der Waals surface area contributed by atoms with Gasteiger partial charge < -0.3 is 15.5 Å². The second kappa shape index (κ2) is 12.7. The third kappa shape index (κ3) is 7.02. The van der Waals surface area contributed by atoms with Crippen LogP contribution in [0, 0.1) is 5.92 Å². The van der Waals surface area contributed by atoms with Crippen LogP contribution >= 0.6 is 0 Å². The van der Waals surface area contributed by atoms with E-state index in [1.807, 2.05) is 10.7 Å². The summed E-state index contributed by atoms with van der Waals surface area (Å²) in [7, 11) is 4.19. The summed E-state index contributed by atoms with van der Waals surface area (Å²) in [5.74, 6) is 0.329. The molecule has 2 aromatic heterocycles. The van der Waals surface area contributed by atoms with Gasteiger partial charge in [0.1, 0.15) is 0 Å². The van der Waals surface area contributed by atoms with Crippen molar-refractivity contribution in [3.63, 3.8) is 0 Å². The fourth-order valence-electron chi connectivity index (χ4n) is 5.43. The molecule has 1 aliphatic rings. The normalized spacial score (nSPS) is 15.9. The second-order valence-corrected chi connectivity index (χ2v) is 11.5. The Balaban J connectivity index is 1.61. The maximum absolute atomic E-state index is 13.6. The van der Waals surface area contributed by atoms with Crippen molar-refractivity contribution in [1.82, 2.24) is 30.3 Å². The number of carbonyl (C=O) groups is 1. The van der Waals surface area contributed by atoms with E-state index < -0.39 is 0 Å². The average molecular weight is 529 g/mol. The SMILES string of the molecule is CC1=CC(C)=C(CNC(=O)c2cc(-c3cccc(CNCCCN(C)C)c3)nc3c2cnn3C(C)C)C(C)C1. The molecule has 0 aliphatic heterocycles. The highest BCUT2D eigenvalue weighted by Gasteiger charge is 2.21. The van der Waals surface area contributed by atoms with Gasteiger partial charge in [0, 0.05) is 24.7 Å². The molecule has 0 saturated carbocycles. The number of rotatable bonds is 11. The monoisotopic (exact) mass is 528 g/mol. The van der Waals surface area contributed by atoms with Crippen molar-refractivity contribution in [3.8, 4) is 11.3 Å². The van der Waals surface area contributed by atoms with Crippen LogP contribution in [0.3, 0.4) is 0 Å². The van der Waals surface area contributed by atoms with Crippen LogP contribution in [-0.4, -0.2) is 59.3 Å². The van der Waals surface area contributed by atoms with Gasteiger partial charge in [-0.3, -0.25) is 4.79 Å². The highest BCUT2D eigenvalue weighted by atomic mass is 16.1. The van der Waals surface area contributed by atoms with Crippen LogP contribution in [-0.2, 0) is 6.54 Å². The predicted octanol–water partition coefficient (Wildman–Crippen LogP) is 5.75. The largest absolute Gasteiger partial charge is 0.348 e. The van der Waals surface area contributed by atoms with Gasteiger partial charge in [-0.25, -0.2) is 9.67 Å². The van der Waals surface area contributed by atoms with Crippen molar-refractivity contribution in [2.45, 2.75) is 60.0 Å². The molecule has 1 aliphatic carbocycles. The Labute approximate surface area is 233 Å². The summed E-state index contributed by atoms with van der Waals surface area (Å²) in [6, 6.07) is 10.5. The summed E-state index contributed by atoms with van der Waals surface area (Å²) >= 11 is 0. The van der Waals surface area contributed by atoms with Crippen LogP contribution in [0.4, 0.5) is 0 Å². The zero-order chi connectivity index (χ0) is 28.1. The van der Waals surface area contributed by atoms with Crippen LogP contribution < -0.4 is 10.6 Å². The molecule has 2 N–H and O–H groups in total. The Morgan fingerprint density at radius 2 is 1.97 bits per heavy atom. The summed E-state index contributed by atoms with van der Waals surface area (Å²) in [4.78, 5) is 20.8. The molecule has 0 spiro atoms. The Bertz CT molecular complexity index is 1380. The lowest BCUT2D eigenvalue weighted by atomic mass is 9.85. The van der Waals surface area contributed by atoms with E-state index in [0.717, 1.165) is 54.8 Å². The van der Waals surface area contributed by atoms with Crippen LogP contribution in [0.5, 0.6) is 0 Å². The standard InChI is InChI=1S/C32H44N6O/c1-21(2)38-31-29(20-35-38)27(32(39)34-19-28-23(4)14-22(3)15-24(28)5)17-30(36-31)26-11-8-10-25(16-26)18-33-12-9-13-37(6)7/h8,10-11,14,16-17,20-21,24,33H,9,12-13,15,18-19H2,1-7H3,(H,34,39). The van der Waals surface area contributed by atoms with Gasteiger partial charge in [-0.05, 0) is 102 Å². The molecule has 1 amide bonds. The van der Waals surface area contributed by atoms with Crippen molar-refractivity contribution in [2.75, 3.05) is 33.7 Å². The molecule has 39 heavy (non-hydrogen) atoms. The zero-order valence-electron chi connectivity index (χ0n) is 24.6. The number of aromatic nitrogens is 3. The quantitative estimate of drug-likeness (QED) is 0.310. The Hall–Kier alpha value is -3.29. The Morgan fingerprint density at radius 1 is 1.18 bits per heavy atom. The van der Waals surface area contributed by atoms with E-state index >= 15 is 0 Å². The molecule has 3 aromatic rings. The molecule has 208 valence electrons. The molecular weight excluding hydrogens is 484 g/mol. The minimum Gasteiger partial charge on any atom is -0.348 e. The van der Waals surface area contributed by atoms with Crippen molar-refractivity contribution in [1.29, 1.82) is 0 Å². The van der Waals surface area contributed by atoms with E-state index in [2.05, 4.69) is 99.7 Å². The summed E-state index contributed by atoms with van der Waals surface area (Å²) in [5, 5.41) is 12.1. The van der Waals surface area contributed by atoms with E-state index in [1.165, 1.54) is 22.3 Å². The van der Waals surface area contributed by atoms with Crippen LogP contribution in [0.2, 0.25) is 0 Å². The number of benzene rings is 1. The summed E-state index contributed by atoms with van der Waals surface area (Å²) in [6.07, 6.45) is 6.15. The van der Waals surface area contributed by atoms with Crippen LogP contribution in [0.1, 0.15) is 69.4 Å². The maximum atomic E-state index is 13.6. The van der Waals surface area contributed by atoms with E-state index in [1.54, 1.807) is 6.20 Å². The minimum absolute atomic E-state index is 0.0931. The smallest absolute Gasteiger partial charge is 0.252 e. The first-order valence-corrected chi connectivity index (χ1v) is 14.1. The molecule has 0 saturated heterocycles. The number of amides is 1. The number of nitrogens with zero attached hydrogens (tertiary/aromatic N) is 4. The van der Waals surface area contributed by atoms with E-state index in [0.29, 0.717) is 18.0 Å². The second-order valence-electron chi connectivity index (χ2n) is 11.5. The van der Waals surface area contributed by atoms with Crippen molar-refractivity contribution in [3.05, 3.63) is 70.5 Å². The summed E-state index contributed by atoms with van der Waals surface area (Å²) < 4.78 is 1.90. The van der Waals surface area contributed by atoms with Crippen molar-refractivity contribution >= 4 is 16.9 Å². The topological polar surface area (TPSA) is 75.1 Å². The first-order valence-electron chi connectivity index (χ1n) is 14.1. The number of nitrogens with one attached hydrogen (secondary N) is 2. The van der Waals surface area contributed by atoms with E-state index in [4.69, 9.17) is 4.98 Å². The predicted molar refractivity (Wildman–Crippen MR) is 161 cm³/mol. The summed E-state index contributed by atoms with van der Waals surface area (Å²) in [6.45, 7) is 14.1. The third-order valence-corrected chi connectivity index (χ3v) is 7.44. The van der Waals surface area contributed by atoms with Gasteiger partial charge in [0.05, 0.1) is 22.8 Å². The number of hydrogen-bond acceptors (Lipinski definition) is 5. The summed E-state index contributed by atoms with van der Waals surface area (Å²) in [5.41, 5.74) is 8.26. The molecular formula is C32H44N6O. The molecule has 0 fully saturated rings. The number of pyridine rings is 1. The number of allylic oxidation sites excluding steroid dienone is 3. The van der Waals surface area contributed by atoms with Gasteiger partial charge in [-0.1, -0.05) is 36.8 Å². The Morgan fingerprint density at radius 3 is 2.69 bits per heavy atom. The third-order valence-electron chi connectivity index (χ3n) is 7.44. The number of hydrogen-bond donors (Lipinski definition) is 2. The Kier molecular flexibility index (Phi) is 9.36. The molecule has 0 radical (unpaired) electrons. The fraction of sp³-hybridized carbons (Fsp3) is 0.469. The number of fused-ring (bicyclic) bond motifs is 1. The lowest BCUT2D eigenvalue weighted by Gasteiger charge is -2.24. The molecule has 1 atom stereocenters. The van der Waals surface area contributed by atoms with Crippen molar-refractivity contribution in [2.24, 2.45) is 5.92 Å².